The number of hydrogen-bond acceptors (Lipinski definition) is 2. The second kappa shape index (κ2) is 4.14. The molecule has 4 heteroatoms. The van der Waals surface area contributed by atoms with E-state index < -0.39 is 0 Å². The summed E-state index contributed by atoms with van der Waals surface area (Å²) in [5.41, 5.74) is 3.85. The van der Waals surface area contributed by atoms with E-state index in [2.05, 4.69) is 58.1 Å². The number of nitrogens with zero attached hydrogens (tertiary/aromatic N) is 3. The van der Waals surface area contributed by atoms with Crippen molar-refractivity contribution in [2.75, 3.05) is 0 Å². The van der Waals surface area contributed by atoms with Gasteiger partial charge in [-0.2, -0.15) is 5.10 Å². The number of rotatable bonds is 2. The van der Waals surface area contributed by atoms with Crippen molar-refractivity contribution in [3.8, 4) is 0 Å². The Balaban J connectivity index is 2.29. The molecule has 0 aliphatic heterocycles. The summed E-state index contributed by atoms with van der Waals surface area (Å²) < 4.78 is 2.60. The van der Waals surface area contributed by atoms with Crippen LogP contribution in [0.5, 0.6) is 0 Å². The Morgan fingerprint density at radius 2 is 2.13 bits per heavy atom. The quantitative estimate of drug-likeness (QED) is 0.836. The molecule has 0 radical (unpaired) electrons. The van der Waals surface area contributed by atoms with E-state index >= 15 is 0 Å². The summed E-state index contributed by atoms with van der Waals surface area (Å²) in [5.74, 6) is 0. The Morgan fingerprint density at radius 1 is 1.33 bits per heavy atom. The lowest BCUT2D eigenvalue weighted by molar-refractivity contribution is 0.665. The molecule has 15 heavy (non-hydrogen) atoms. The molecule has 0 N–H and O–H groups in total. The number of aromatic nitrogens is 3. The van der Waals surface area contributed by atoms with Crippen LogP contribution in [-0.4, -0.2) is 14.8 Å². The molecule has 0 saturated carbocycles. The first kappa shape index (κ1) is 10.4. The molecule has 1 aromatic carbocycles. The van der Waals surface area contributed by atoms with Crippen LogP contribution in [0.3, 0.4) is 0 Å². The predicted octanol–water partition coefficient (Wildman–Crippen LogP) is 2.71. The topological polar surface area (TPSA) is 30.7 Å². The molecule has 0 atom stereocenters. The van der Waals surface area contributed by atoms with E-state index in [1.54, 1.807) is 6.33 Å². The van der Waals surface area contributed by atoms with E-state index in [4.69, 9.17) is 0 Å². The van der Waals surface area contributed by atoms with Crippen LogP contribution in [0.15, 0.2) is 29.3 Å². The Kier molecular flexibility index (Phi) is 2.86. The van der Waals surface area contributed by atoms with Gasteiger partial charge in [0.15, 0.2) is 4.73 Å². The summed E-state index contributed by atoms with van der Waals surface area (Å²) in [6, 6.07) is 6.44. The molecule has 0 aliphatic rings. The van der Waals surface area contributed by atoms with Gasteiger partial charge in [0.25, 0.3) is 0 Å². The fraction of sp³-hybridized carbons (Fsp3) is 0.273. The van der Waals surface area contributed by atoms with Crippen molar-refractivity contribution in [1.82, 2.24) is 14.8 Å². The van der Waals surface area contributed by atoms with Gasteiger partial charge in [0.1, 0.15) is 6.33 Å². The molecular weight excluding hydrogens is 254 g/mol. The molecule has 1 aromatic heterocycles. The molecule has 0 unspecified atom stereocenters. The van der Waals surface area contributed by atoms with Gasteiger partial charge in [-0.25, -0.2) is 9.67 Å². The normalized spacial score (nSPS) is 10.6. The highest BCUT2D eigenvalue weighted by Gasteiger charge is 2.03. The van der Waals surface area contributed by atoms with Gasteiger partial charge in [-0.1, -0.05) is 23.8 Å². The van der Waals surface area contributed by atoms with E-state index in [0.717, 1.165) is 11.3 Å². The Hall–Kier alpha value is -1.16. The van der Waals surface area contributed by atoms with Crippen LogP contribution in [0.25, 0.3) is 0 Å². The first-order chi connectivity index (χ1) is 7.16. The summed E-state index contributed by atoms with van der Waals surface area (Å²) >= 11 is 3.35. The highest BCUT2D eigenvalue weighted by Crippen LogP contribution is 2.13. The molecule has 2 rings (SSSR count). The van der Waals surface area contributed by atoms with Crippen LogP contribution < -0.4 is 0 Å². The first-order valence-electron chi connectivity index (χ1n) is 4.76. The monoisotopic (exact) mass is 265 g/mol. The van der Waals surface area contributed by atoms with Gasteiger partial charge < -0.3 is 0 Å². The van der Waals surface area contributed by atoms with Gasteiger partial charge >= 0.3 is 0 Å². The largest absolute Gasteiger partial charge is 0.236 e. The zero-order valence-corrected chi connectivity index (χ0v) is 10.3. The molecule has 0 aliphatic carbocycles. The van der Waals surface area contributed by atoms with E-state index in [0.29, 0.717) is 0 Å². The number of aryl methyl sites for hydroxylation is 2. The number of hydrogen-bond donors (Lipinski definition) is 0. The summed E-state index contributed by atoms with van der Waals surface area (Å²) in [4.78, 5) is 4.03. The van der Waals surface area contributed by atoms with Gasteiger partial charge in [-0.05, 0) is 40.9 Å². The Bertz CT molecular complexity index is 476. The van der Waals surface area contributed by atoms with Crippen LogP contribution in [0, 0.1) is 13.8 Å². The van der Waals surface area contributed by atoms with Gasteiger partial charge in [0.05, 0.1) is 6.54 Å². The van der Waals surface area contributed by atoms with Crippen LogP contribution in [-0.2, 0) is 6.54 Å². The van der Waals surface area contributed by atoms with Gasteiger partial charge in [-0.15, -0.1) is 0 Å². The standard InChI is InChI=1S/C11H12BrN3/c1-8-3-4-10(9(2)5-8)6-15-11(12)13-7-14-15/h3-5,7H,6H2,1-2H3. The first-order valence-corrected chi connectivity index (χ1v) is 5.55. The highest BCUT2D eigenvalue weighted by molar-refractivity contribution is 9.10. The third-order valence-electron chi connectivity index (χ3n) is 2.39. The summed E-state index contributed by atoms with van der Waals surface area (Å²) in [6.45, 7) is 4.97. The maximum Gasteiger partial charge on any atom is 0.195 e. The van der Waals surface area contributed by atoms with Crippen LogP contribution in [0.2, 0.25) is 0 Å². The zero-order valence-electron chi connectivity index (χ0n) is 8.74. The minimum atomic E-state index is 0.757. The lowest BCUT2D eigenvalue weighted by atomic mass is 10.1. The fourth-order valence-electron chi connectivity index (χ4n) is 1.54. The molecule has 0 amide bonds. The van der Waals surface area contributed by atoms with Crippen LogP contribution in [0.4, 0.5) is 0 Å². The molecule has 0 fully saturated rings. The fourth-order valence-corrected chi connectivity index (χ4v) is 1.85. The molecule has 0 bridgehead atoms. The third-order valence-corrected chi connectivity index (χ3v) is 3.00. The van der Waals surface area contributed by atoms with Gasteiger partial charge in [-0.3, -0.25) is 0 Å². The minimum Gasteiger partial charge on any atom is -0.236 e. The predicted molar refractivity (Wildman–Crippen MR) is 62.7 cm³/mol. The molecular formula is C11H12BrN3. The van der Waals surface area contributed by atoms with Crippen molar-refractivity contribution >= 4 is 15.9 Å². The Labute approximate surface area is 97.3 Å². The lowest BCUT2D eigenvalue weighted by Crippen LogP contribution is -2.03. The maximum absolute atomic E-state index is 4.13. The molecule has 2 aromatic rings. The van der Waals surface area contributed by atoms with Crippen molar-refractivity contribution < 1.29 is 0 Å². The van der Waals surface area contributed by atoms with Crippen LogP contribution >= 0.6 is 15.9 Å². The molecule has 0 spiro atoms. The zero-order chi connectivity index (χ0) is 10.8. The number of benzene rings is 1. The summed E-state index contributed by atoms with van der Waals surface area (Å²) in [7, 11) is 0. The van der Waals surface area contributed by atoms with Crippen LogP contribution in [0.1, 0.15) is 16.7 Å². The van der Waals surface area contributed by atoms with Crippen molar-refractivity contribution in [2.24, 2.45) is 0 Å². The van der Waals surface area contributed by atoms with Gasteiger partial charge in [0, 0.05) is 0 Å². The molecule has 3 nitrogen and oxygen atoms in total. The maximum atomic E-state index is 4.13. The SMILES string of the molecule is Cc1ccc(Cn2ncnc2Br)c(C)c1. The van der Waals surface area contributed by atoms with E-state index in [9.17, 15) is 0 Å². The Morgan fingerprint density at radius 3 is 2.73 bits per heavy atom. The van der Waals surface area contributed by atoms with E-state index in [1.165, 1.54) is 16.7 Å². The van der Waals surface area contributed by atoms with E-state index in [-0.39, 0.29) is 0 Å². The van der Waals surface area contributed by atoms with Crippen molar-refractivity contribution in [1.29, 1.82) is 0 Å². The average molecular weight is 266 g/mol. The number of halogens is 1. The van der Waals surface area contributed by atoms with Crippen molar-refractivity contribution in [2.45, 2.75) is 20.4 Å². The average Bonchev–Trinajstić information content (AvgIpc) is 2.57. The van der Waals surface area contributed by atoms with Gasteiger partial charge in [0.2, 0.25) is 0 Å². The smallest absolute Gasteiger partial charge is 0.195 e. The third kappa shape index (κ3) is 2.26. The second-order valence-electron chi connectivity index (χ2n) is 3.62. The molecule has 0 saturated heterocycles. The minimum absolute atomic E-state index is 0.757. The summed E-state index contributed by atoms with van der Waals surface area (Å²) in [5, 5.41) is 4.13. The highest BCUT2D eigenvalue weighted by atomic mass is 79.9. The lowest BCUT2D eigenvalue weighted by Gasteiger charge is -2.07. The molecule has 1 heterocycles. The van der Waals surface area contributed by atoms with Crippen molar-refractivity contribution in [3.63, 3.8) is 0 Å². The second-order valence-corrected chi connectivity index (χ2v) is 4.33. The van der Waals surface area contributed by atoms with Crippen molar-refractivity contribution in [3.05, 3.63) is 46.0 Å². The molecule has 78 valence electrons. The van der Waals surface area contributed by atoms with E-state index in [1.807, 2.05) is 4.68 Å². The summed E-state index contributed by atoms with van der Waals surface area (Å²) in [6.07, 6.45) is 1.55.